The van der Waals surface area contributed by atoms with Gasteiger partial charge in [-0.3, -0.25) is 0 Å². The second-order valence-corrected chi connectivity index (χ2v) is 4.71. The van der Waals surface area contributed by atoms with Crippen LogP contribution in [0.15, 0.2) is 47.5 Å². The minimum absolute atomic E-state index is 0.723. The predicted molar refractivity (Wildman–Crippen MR) is 83.5 cm³/mol. The summed E-state index contributed by atoms with van der Waals surface area (Å²) >= 11 is 1.48. The Hall–Kier alpha value is -1.99. The number of aliphatic imine (C=N–C) groups is 1. The first-order valence-electron chi connectivity index (χ1n) is 6.08. The lowest BCUT2D eigenvalue weighted by atomic mass is 10.1. The maximum atomic E-state index is 8.79. The van der Waals surface area contributed by atoms with E-state index < -0.39 is 0 Å². The fourth-order valence-corrected chi connectivity index (χ4v) is 2.69. The van der Waals surface area contributed by atoms with E-state index in [4.69, 9.17) is 5.26 Å². The van der Waals surface area contributed by atoms with Gasteiger partial charge >= 0.3 is 0 Å². The van der Waals surface area contributed by atoms with E-state index in [1.54, 1.807) is 0 Å². The van der Waals surface area contributed by atoms with Crippen molar-refractivity contribution in [1.29, 1.82) is 5.26 Å². The number of hydrogen-bond acceptors (Lipinski definition) is 3. The molecular weight excluding hydrogens is 254 g/mol. The number of amidine groups is 1. The second-order valence-electron chi connectivity index (χ2n) is 3.94. The van der Waals surface area contributed by atoms with Crippen LogP contribution in [0.2, 0.25) is 0 Å². The fourth-order valence-electron chi connectivity index (χ4n) is 2.11. The smallest absolute Gasteiger partial charge is 0.208 e. The van der Waals surface area contributed by atoms with Gasteiger partial charge in [0.15, 0.2) is 5.17 Å². The van der Waals surface area contributed by atoms with Crippen LogP contribution in [0.3, 0.4) is 0 Å². The number of thioether (sulfide) groups is 1. The van der Waals surface area contributed by atoms with Gasteiger partial charge in [0.1, 0.15) is 0 Å². The second kappa shape index (κ2) is 6.26. The van der Waals surface area contributed by atoms with E-state index in [0.717, 1.165) is 17.4 Å². The van der Waals surface area contributed by atoms with Crippen LogP contribution in [0.25, 0.3) is 10.8 Å². The molecule has 2 aromatic carbocycles. The van der Waals surface area contributed by atoms with Gasteiger partial charge in [0.25, 0.3) is 0 Å². The van der Waals surface area contributed by atoms with Gasteiger partial charge in [-0.25, -0.2) is 0 Å². The first kappa shape index (κ1) is 13.4. The van der Waals surface area contributed by atoms with E-state index in [1.807, 2.05) is 30.6 Å². The molecule has 0 fully saturated rings. The summed E-state index contributed by atoms with van der Waals surface area (Å²) in [6.45, 7) is 2.83. The molecule has 0 aliphatic rings. The highest BCUT2D eigenvalue weighted by molar-refractivity contribution is 8.13. The number of nitriles is 1. The van der Waals surface area contributed by atoms with Crippen LogP contribution in [0.1, 0.15) is 6.92 Å². The molecule has 96 valence electrons. The highest BCUT2D eigenvalue weighted by Gasteiger charge is 2.13. The Morgan fingerprint density at radius 3 is 2.68 bits per heavy atom. The van der Waals surface area contributed by atoms with Gasteiger partial charge < -0.3 is 4.90 Å². The van der Waals surface area contributed by atoms with E-state index >= 15 is 0 Å². The molecule has 0 aliphatic heterocycles. The summed E-state index contributed by atoms with van der Waals surface area (Å²) in [6, 6.07) is 14.4. The van der Waals surface area contributed by atoms with Crippen molar-refractivity contribution < 1.29 is 0 Å². The molecule has 0 spiro atoms. The molecule has 0 unspecified atom stereocenters. The van der Waals surface area contributed by atoms with Crippen molar-refractivity contribution in [3.05, 3.63) is 42.5 Å². The molecular formula is C15H15N3S. The van der Waals surface area contributed by atoms with E-state index in [2.05, 4.69) is 41.1 Å². The Morgan fingerprint density at radius 2 is 2.00 bits per heavy atom. The largest absolute Gasteiger partial charge is 0.320 e. The Morgan fingerprint density at radius 1 is 1.26 bits per heavy atom. The zero-order chi connectivity index (χ0) is 13.7. The summed E-state index contributed by atoms with van der Waals surface area (Å²) in [4.78, 5) is 5.97. The third-order valence-corrected chi connectivity index (χ3v) is 3.61. The van der Waals surface area contributed by atoms with Crippen molar-refractivity contribution in [3.8, 4) is 6.19 Å². The summed E-state index contributed by atoms with van der Waals surface area (Å²) in [5.41, 5.74) is 1.09. The predicted octanol–water partition coefficient (Wildman–Crippen LogP) is 3.87. The lowest BCUT2D eigenvalue weighted by Crippen LogP contribution is -2.28. The number of rotatable bonds is 2. The van der Waals surface area contributed by atoms with E-state index in [9.17, 15) is 0 Å². The molecule has 0 aliphatic carbocycles. The number of hydrogen-bond donors (Lipinski definition) is 0. The summed E-state index contributed by atoms with van der Waals surface area (Å²) < 4.78 is 0. The maximum absolute atomic E-state index is 8.79. The molecule has 0 N–H and O–H groups in total. The third-order valence-electron chi connectivity index (χ3n) is 2.93. The lowest BCUT2D eigenvalue weighted by Gasteiger charge is -2.24. The van der Waals surface area contributed by atoms with E-state index in [0.29, 0.717) is 0 Å². The molecule has 3 nitrogen and oxygen atoms in total. The molecule has 0 amide bonds. The van der Waals surface area contributed by atoms with Crippen molar-refractivity contribution >= 4 is 33.4 Å². The molecule has 0 saturated carbocycles. The van der Waals surface area contributed by atoms with E-state index in [1.165, 1.54) is 22.5 Å². The zero-order valence-electron chi connectivity index (χ0n) is 11.0. The fraction of sp³-hybridized carbons (Fsp3) is 0.200. The summed E-state index contributed by atoms with van der Waals surface area (Å²) in [5.74, 6) is 0. The van der Waals surface area contributed by atoms with Gasteiger partial charge in [-0.2, -0.15) is 5.26 Å². The first-order chi connectivity index (χ1) is 9.31. The summed E-state index contributed by atoms with van der Waals surface area (Å²) in [5, 5.41) is 11.9. The SMILES string of the molecule is CCN(C(=NC#N)SC)c1cccc2ccccc12. The molecule has 0 radical (unpaired) electrons. The molecule has 19 heavy (non-hydrogen) atoms. The van der Waals surface area contributed by atoms with Crippen LogP contribution in [-0.4, -0.2) is 18.0 Å². The maximum Gasteiger partial charge on any atom is 0.208 e. The number of fused-ring (bicyclic) bond motifs is 1. The highest BCUT2D eigenvalue weighted by atomic mass is 32.2. The summed E-state index contributed by atoms with van der Waals surface area (Å²) in [7, 11) is 0. The van der Waals surface area contributed by atoms with Gasteiger partial charge in [0, 0.05) is 11.9 Å². The Kier molecular flexibility index (Phi) is 4.43. The zero-order valence-corrected chi connectivity index (χ0v) is 11.8. The Labute approximate surface area is 117 Å². The van der Waals surface area contributed by atoms with Gasteiger partial charge in [-0.1, -0.05) is 48.2 Å². The molecule has 0 saturated heterocycles. The molecule has 0 atom stereocenters. The van der Waals surface area contributed by atoms with Crippen LogP contribution in [0, 0.1) is 11.5 Å². The first-order valence-corrected chi connectivity index (χ1v) is 7.30. The molecule has 0 heterocycles. The van der Waals surface area contributed by atoms with E-state index in [-0.39, 0.29) is 0 Å². The van der Waals surface area contributed by atoms with Gasteiger partial charge in [0.2, 0.25) is 6.19 Å². The number of nitrogens with zero attached hydrogens (tertiary/aromatic N) is 3. The highest BCUT2D eigenvalue weighted by Crippen LogP contribution is 2.28. The topological polar surface area (TPSA) is 39.4 Å². The van der Waals surface area contributed by atoms with Crippen molar-refractivity contribution in [1.82, 2.24) is 0 Å². The molecule has 0 aromatic heterocycles. The Bertz CT molecular complexity index is 638. The Balaban J connectivity index is 2.59. The van der Waals surface area contributed by atoms with Crippen LogP contribution in [0.5, 0.6) is 0 Å². The standard InChI is InChI=1S/C15H15N3S/c1-3-18(15(19-2)17-11-16)14-10-6-8-12-7-4-5-9-13(12)14/h4-10H,3H2,1-2H3. The molecule has 0 bridgehead atoms. The molecule has 2 aromatic rings. The van der Waals surface area contributed by atoms with Gasteiger partial charge in [-0.05, 0) is 24.6 Å². The molecule has 4 heteroatoms. The lowest BCUT2D eigenvalue weighted by molar-refractivity contribution is 1.07. The van der Waals surface area contributed by atoms with Crippen molar-refractivity contribution in [2.24, 2.45) is 4.99 Å². The van der Waals surface area contributed by atoms with Crippen LogP contribution in [0.4, 0.5) is 5.69 Å². The average Bonchev–Trinajstić information content (AvgIpc) is 2.47. The van der Waals surface area contributed by atoms with Gasteiger partial charge in [-0.15, -0.1) is 4.99 Å². The van der Waals surface area contributed by atoms with Crippen molar-refractivity contribution in [2.75, 3.05) is 17.7 Å². The minimum Gasteiger partial charge on any atom is -0.320 e. The minimum atomic E-state index is 0.723. The van der Waals surface area contributed by atoms with Crippen LogP contribution < -0.4 is 4.90 Å². The monoisotopic (exact) mass is 269 g/mol. The number of anilines is 1. The average molecular weight is 269 g/mol. The third kappa shape index (κ3) is 2.72. The van der Waals surface area contributed by atoms with Gasteiger partial charge in [0.05, 0.1) is 5.69 Å². The molecule has 2 rings (SSSR count). The quantitative estimate of drug-likeness (QED) is 0.472. The van der Waals surface area contributed by atoms with Crippen molar-refractivity contribution in [2.45, 2.75) is 6.92 Å². The summed E-state index contributed by atoms with van der Waals surface area (Å²) in [6.07, 6.45) is 3.81. The normalized spacial score (nSPS) is 11.3. The van der Waals surface area contributed by atoms with Crippen LogP contribution >= 0.6 is 11.8 Å². The van der Waals surface area contributed by atoms with Crippen molar-refractivity contribution in [3.63, 3.8) is 0 Å². The number of benzene rings is 2. The van der Waals surface area contributed by atoms with Crippen LogP contribution in [-0.2, 0) is 0 Å².